The van der Waals surface area contributed by atoms with Crippen LogP contribution < -0.4 is 4.74 Å². The zero-order valence-electron chi connectivity index (χ0n) is 10.7. The Morgan fingerprint density at radius 3 is 2.60 bits per heavy atom. The zero-order valence-corrected chi connectivity index (χ0v) is 11.6. The van der Waals surface area contributed by atoms with E-state index in [-0.39, 0.29) is 27.6 Å². The minimum absolute atomic E-state index is 0.0223. The van der Waals surface area contributed by atoms with Crippen molar-refractivity contribution in [2.45, 2.75) is 4.90 Å². The number of H-pyrrole nitrogens is 1. The van der Waals surface area contributed by atoms with Crippen molar-refractivity contribution in [1.29, 1.82) is 0 Å². The summed E-state index contributed by atoms with van der Waals surface area (Å²) in [7, 11) is -2.20. The number of ether oxygens (including phenoxy) is 1. The Bertz CT molecular complexity index is 764. The first kappa shape index (κ1) is 14.1. The van der Waals surface area contributed by atoms with Crippen molar-refractivity contribution < 1.29 is 23.1 Å². The first-order valence-corrected chi connectivity index (χ1v) is 7.40. The molecule has 2 rings (SSSR count). The Balaban J connectivity index is 2.70. The van der Waals surface area contributed by atoms with E-state index in [1.807, 2.05) is 0 Å². The molecule has 0 atom stereocenters. The van der Waals surface area contributed by atoms with Gasteiger partial charge >= 0.3 is 5.97 Å². The van der Waals surface area contributed by atoms with E-state index in [1.54, 1.807) is 12.1 Å². The van der Waals surface area contributed by atoms with Crippen LogP contribution in [0.25, 0.3) is 11.3 Å². The predicted molar refractivity (Wildman–Crippen MR) is 70.6 cm³/mol. The van der Waals surface area contributed by atoms with Crippen molar-refractivity contribution in [3.8, 4) is 17.0 Å². The van der Waals surface area contributed by atoms with Gasteiger partial charge in [-0.05, 0) is 12.1 Å². The summed E-state index contributed by atoms with van der Waals surface area (Å²) >= 11 is 0. The highest BCUT2D eigenvalue weighted by molar-refractivity contribution is 7.91. The van der Waals surface area contributed by atoms with Crippen LogP contribution in [0.2, 0.25) is 0 Å². The fourth-order valence-electron chi connectivity index (χ4n) is 1.83. The summed E-state index contributed by atoms with van der Waals surface area (Å²) in [5, 5.41) is 15.0. The molecule has 0 saturated carbocycles. The molecule has 0 saturated heterocycles. The van der Waals surface area contributed by atoms with Crippen molar-refractivity contribution in [2.75, 3.05) is 13.4 Å². The number of aromatic amines is 1. The predicted octanol–water partition coefficient (Wildman–Crippen LogP) is 1.19. The van der Waals surface area contributed by atoms with Gasteiger partial charge in [-0.1, -0.05) is 12.1 Å². The second-order valence-electron chi connectivity index (χ2n) is 4.08. The molecule has 106 valence electrons. The number of carboxylic acids is 1. The maximum atomic E-state index is 11.9. The average Bonchev–Trinajstić information content (AvgIpc) is 2.86. The van der Waals surface area contributed by atoms with Gasteiger partial charge in [0, 0.05) is 11.8 Å². The number of hydrogen-bond acceptors (Lipinski definition) is 5. The molecule has 1 heterocycles. The molecule has 0 aliphatic heterocycles. The smallest absolute Gasteiger partial charge is 0.353 e. The molecule has 2 aromatic rings. The molecule has 0 aliphatic carbocycles. The third kappa shape index (κ3) is 2.50. The molecular weight excluding hydrogens is 284 g/mol. The number of benzene rings is 1. The number of sulfone groups is 1. The van der Waals surface area contributed by atoms with Crippen molar-refractivity contribution in [3.63, 3.8) is 0 Å². The summed E-state index contributed by atoms with van der Waals surface area (Å²) in [5.41, 5.74) is 0.389. The van der Waals surface area contributed by atoms with Gasteiger partial charge in [0.25, 0.3) is 0 Å². The minimum Gasteiger partial charge on any atom is -0.495 e. The molecule has 0 radical (unpaired) electrons. The second-order valence-corrected chi connectivity index (χ2v) is 6.03. The van der Waals surface area contributed by atoms with Crippen LogP contribution in [0, 0.1) is 0 Å². The van der Waals surface area contributed by atoms with Gasteiger partial charge in [-0.3, -0.25) is 5.10 Å². The highest BCUT2D eigenvalue weighted by Gasteiger charge is 2.22. The second kappa shape index (κ2) is 4.97. The number of hydrogen-bond donors (Lipinski definition) is 2. The molecule has 2 N–H and O–H groups in total. The number of nitrogens with one attached hydrogen (secondary N) is 1. The van der Waals surface area contributed by atoms with E-state index < -0.39 is 15.8 Å². The standard InChI is InChI=1S/C12H12N2O5S/c1-19-10-5-3-4-7(11(10)20(2,17)18)8-6-9(12(15)16)14-13-8/h3-6H,1-2H3,(H,13,14)(H,15,16). The Hall–Kier alpha value is -2.35. The number of methoxy groups -OCH3 is 1. The Morgan fingerprint density at radius 2 is 2.10 bits per heavy atom. The number of aromatic nitrogens is 2. The summed E-state index contributed by atoms with van der Waals surface area (Å²) in [4.78, 5) is 10.8. The minimum atomic E-state index is -3.56. The van der Waals surface area contributed by atoms with Crippen LogP contribution in [-0.4, -0.2) is 43.1 Å². The molecular formula is C12H12N2O5S. The highest BCUT2D eigenvalue weighted by atomic mass is 32.2. The van der Waals surface area contributed by atoms with Crippen LogP contribution in [0.3, 0.4) is 0 Å². The largest absolute Gasteiger partial charge is 0.495 e. The van der Waals surface area contributed by atoms with Gasteiger partial charge < -0.3 is 9.84 Å². The van der Waals surface area contributed by atoms with Gasteiger partial charge in [0.05, 0.1) is 12.8 Å². The summed E-state index contributed by atoms with van der Waals surface area (Å²) in [6.45, 7) is 0. The molecule has 0 spiro atoms. The number of carboxylic acid groups (broad SMARTS) is 1. The third-order valence-electron chi connectivity index (χ3n) is 2.65. The Labute approximate surface area is 115 Å². The Kier molecular flexibility index (Phi) is 3.49. The lowest BCUT2D eigenvalue weighted by atomic mass is 10.1. The molecule has 20 heavy (non-hydrogen) atoms. The van der Waals surface area contributed by atoms with Gasteiger partial charge in [-0.15, -0.1) is 0 Å². The lowest BCUT2D eigenvalue weighted by Gasteiger charge is -2.10. The fraction of sp³-hybridized carbons (Fsp3) is 0.167. The quantitative estimate of drug-likeness (QED) is 0.877. The van der Waals surface area contributed by atoms with Crippen LogP contribution in [0.1, 0.15) is 10.5 Å². The van der Waals surface area contributed by atoms with Crippen molar-refractivity contribution in [2.24, 2.45) is 0 Å². The van der Waals surface area contributed by atoms with E-state index in [9.17, 15) is 13.2 Å². The van der Waals surface area contributed by atoms with Gasteiger partial charge in [-0.2, -0.15) is 5.10 Å². The topological polar surface area (TPSA) is 109 Å². The lowest BCUT2D eigenvalue weighted by Crippen LogP contribution is -2.03. The van der Waals surface area contributed by atoms with E-state index in [4.69, 9.17) is 9.84 Å². The van der Waals surface area contributed by atoms with E-state index >= 15 is 0 Å². The van der Waals surface area contributed by atoms with Gasteiger partial charge in [0.1, 0.15) is 16.3 Å². The number of carbonyl (C=O) groups is 1. The molecule has 0 bridgehead atoms. The molecule has 0 fully saturated rings. The van der Waals surface area contributed by atoms with Crippen LogP contribution >= 0.6 is 0 Å². The first-order valence-electron chi connectivity index (χ1n) is 5.50. The lowest BCUT2D eigenvalue weighted by molar-refractivity contribution is 0.0690. The monoisotopic (exact) mass is 296 g/mol. The summed E-state index contributed by atoms with van der Waals surface area (Å²) in [6.07, 6.45) is 1.05. The first-order chi connectivity index (χ1) is 9.34. The van der Waals surface area contributed by atoms with Gasteiger partial charge in [0.2, 0.25) is 0 Å². The van der Waals surface area contributed by atoms with Crippen molar-refractivity contribution in [1.82, 2.24) is 10.2 Å². The van der Waals surface area contributed by atoms with Crippen LogP contribution in [0.4, 0.5) is 0 Å². The summed E-state index contributed by atoms with van der Waals surface area (Å²) < 4.78 is 28.9. The number of rotatable bonds is 4. The van der Waals surface area contributed by atoms with Crippen LogP contribution in [0.5, 0.6) is 5.75 Å². The van der Waals surface area contributed by atoms with Crippen molar-refractivity contribution in [3.05, 3.63) is 30.0 Å². The highest BCUT2D eigenvalue weighted by Crippen LogP contribution is 2.33. The van der Waals surface area contributed by atoms with Gasteiger partial charge in [0.15, 0.2) is 9.84 Å². The normalized spacial score (nSPS) is 11.3. The third-order valence-corrected chi connectivity index (χ3v) is 3.82. The molecule has 8 heteroatoms. The van der Waals surface area contributed by atoms with E-state index in [0.29, 0.717) is 0 Å². The summed E-state index contributed by atoms with van der Waals surface area (Å²) in [6, 6.07) is 5.94. The number of nitrogens with zero attached hydrogens (tertiary/aromatic N) is 1. The average molecular weight is 296 g/mol. The van der Waals surface area contributed by atoms with Crippen LogP contribution in [-0.2, 0) is 9.84 Å². The molecule has 0 aliphatic rings. The van der Waals surface area contributed by atoms with Crippen molar-refractivity contribution >= 4 is 15.8 Å². The van der Waals surface area contributed by atoms with E-state index in [1.165, 1.54) is 19.2 Å². The molecule has 1 aromatic carbocycles. The molecule has 0 amide bonds. The number of aromatic carboxylic acids is 1. The Morgan fingerprint density at radius 1 is 1.40 bits per heavy atom. The molecule has 7 nitrogen and oxygen atoms in total. The molecule has 1 aromatic heterocycles. The summed E-state index contributed by atoms with van der Waals surface area (Å²) in [5.74, 6) is -0.988. The van der Waals surface area contributed by atoms with E-state index in [2.05, 4.69) is 10.2 Å². The fourth-order valence-corrected chi connectivity index (χ4v) is 2.92. The van der Waals surface area contributed by atoms with Gasteiger partial charge in [-0.25, -0.2) is 13.2 Å². The zero-order chi connectivity index (χ0) is 14.9. The van der Waals surface area contributed by atoms with E-state index in [0.717, 1.165) is 6.26 Å². The van der Waals surface area contributed by atoms with Crippen LogP contribution in [0.15, 0.2) is 29.2 Å². The molecule has 0 unspecified atom stereocenters. The SMILES string of the molecule is COc1cccc(-c2cc(C(=O)O)[nH]n2)c1S(C)(=O)=O. The maximum Gasteiger partial charge on any atom is 0.353 e. The maximum absolute atomic E-state index is 11.9.